The SMILES string of the molecule is Cc1ccccc1-c1cccc(C(=O)N(C)[C@H]2C[C@H]3CC(=O)NC[C@H]3C2)c1. The Balaban J connectivity index is 1.52. The summed E-state index contributed by atoms with van der Waals surface area (Å²) in [7, 11) is 1.90. The predicted molar refractivity (Wildman–Crippen MR) is 106 cm³/mol. The average Bonchev–Trinajstić information content (AvgIpc) is 3.10. The average molecular weight is 362 g/mol. The van der Waals surface area contributed by atoms with Crippen LogP contribution < -0.4 is 5.32 Å². The summed E-state index contributed by atoms with van der Waals surface area (Å²) < 4.78 is 0. The highest BCUT2D eigenvalue weighted by Crippen LogP contribution is 2.38. The fourth-order valence-electron chi connectivity index (χ4n) is 4.64. The zero-order valence-electron chi connectivity index (χ0n) is 15.9. The van der Waals surface area contributed by atoms with Crippen molar-refractivity contribution in [2.45, 2.75) is 32.2 Å². The summed E-state index contributed by atoms with van der Waals surface area (Å²) >= 11 is 0. The van der Waals surface area contributed by atoms with E-state index in [4.69, 9.17) is 0 Å². The maximum Gasteiger partial charge on any atom is 0.253 e. The van der Waals surface area contributed by atoms with Gasteiger partial charge in [0.25, 0.3) is 5.91 Å². The van der Waals surface area contributed by atoms with Crippen LogP contribution in [0.2, 0.25) is 0 Å². The zero-order valence-corrected chi connectivity index (χ0v) is 15.9. The van der Waals surface area contributed by atoms with Crippen molar-refractivity contribution in [1.82, 2.24) is 10.2 Å². The summed E-state index contributed by atoms with van der Waals surface area (Å²) in [4.78, 5) is 26.6. The molecule has 0 unspecified atom stereocenters. The van der Waals surface area contributed by atoms with Crippen LogP contribution in [0.5, 0.6) is 0 Å². The van der Waals surface area contributed by atoms with Crippen LogP contribution in [0, 0.1) is 18.8 Å². The smallest absolute Gasteiger partial charge is 0.253 e. The van der Waals surface area contributed by atoms with Crippen molar-refractivity contribution in [2.24, 2.45) is 11.8 Å². The lowest BCUT2D eigenvalue weighted by atomic mass is 9.89. The third kappa shape index (κ3) is 3.48. The minimum atomic E-state index is 0.0633. The lowest BCUT2D eigenvalue weighted by molar-refractivity contribution is -0.124. The highest BCUT2D eigenvalue weighted by atomic mass is 16.2. The second kappa shape index (κ2) is 7.18. The van der Waals surface area contributed by atoms with Gasteiger partial charge < -0.3 is 10.2 Å². The van der Waals surface area contributed by atoms with E-state index in [-0.39, 0.29) is 17.9 Å². The summed E-state index contributed by atoms with van der Waals surface area (Å²) in [5, 5.41) is 2.96. The molecule has 2 amide bonds. The maximum atomic E-state index is 13.1. The molecule has 1 heterocycles. The molecule has 4 nitrogen and oxygen atoms in total. The highest BCUT2D eigenvalue weighted by molar-refractivity contribution is 5.95. The Morgan fingerprint density at radius 1 is 1.07 bits per heavy atom. The van der Waals surface area contributed by atoms with E-state index in [1.807, 2.05) is 42.3 Å². The summed E-state index contributed by atoms with van der Waals surface area (Å²) in [6, 6.07) is 16.4. The Morgan fingerprint density at radius 2 is 1.85 bits per heavy atom. The van der Waals surface area contributed by atoms with E-state index in [1.165, 1.54) is 5.56 Å². The fourth-order valence-corrected chi connectivity index (χ4v) is 4.64. The first-order chi connectivity index (χ1) is 13.0. The number of piperidine rings is 1. The largest absolute Gasteiger partial charge is 0.356 e. The first kappa shape index (κ1) is 17.8. The van der Waals surface area contributed by atoms with Gasteiger partial charge in [-0.2, -0.15) is 0 Å². The van der Waals surface area contributed by atoms with Gasteiger partial charge in [0.15, 0.2) is 0 Å². The lowest BCUT2D eigenvalue weighted by Crippen LogP contribution is -2.38. The van der Waals surface area contributed by atoms with Gasteiger partial charge in [0.1, 0.15) is 0 Å². The normalized spacial score (nSPS) is 24.2. The summed E-state index contributed by atoms with van der Waals surface area (Å²) in [5.74, 6) is 1.13. The van der Waals surface area contributed by atoms with E-state index in [9.17, 15) is 9.59 Å². The number of nitrogens with zero attached hydrogens (tertiary/aromatic N) is 1. The third-order valence-electron chi connectivity index (χ3n) is 6.26. The Kier molecular flexibility index (Phi) is 4.73. The minimum Gasteiger partial charge on any atom is -0.356 e. The molecule has 3 atom stereocenters. The van der Waals surface area contributed by atoms with Gasteiger partial charge in [-0.25, -0.2) is 0 Å². The number of rotatable bonds is 3. The molecule has 2 aromatic rings. The van der Waals surface area contributed by atoms with Crippen LogP contribution in [0.15, 0.2) is 48.5 Å². The molecule has 0 radical (unpaired) electrons. The molecule has 2 fully saturated rings. The number of hydrogen-bond acceptors (Lipinski definition) is 2. The summed E-state index contributed by atoms with van der Waals surface area (Å²) in [6.07, 6.45) is 2.51. The van der Waals surface area contributed by atoms with Gasteiger partial charge in [0.2, 0.25) is 5.91 Å². The molecule has 4 rings (SSSR count). The second-order valence-electron chi connectivity index (χ2n) is 7.97. The Hall–Kier alpha value is -2.62. The molecule has 1 saturated carbocycles. The van der Waals surface area contributed by atoms with Gasteiger partial charge in [-0.3, -0.25) is 9.59 Å². The van der Waals surface area contributed by atoms with E-state index in [1.54, 1.807) is 0 Å². The van der Waals surface area contributed by atoms with Gasteiger partial charge in [-0.05, 0) is 60.4 Å². The molecule has 1 saturated heterocycles. The molecule has 0 spiro atoms. The first-order valence-corrected chi connectivity index (χ1v) is 9.73. The molecule has 0 aromatic heterocycles. The van der Waals surface area contributed by atoms with E-state index in [2.05, 4.69) is 30.4 Å². The first-order valence-electron chi connectivity index (χ1n) is 9.73. The number of amides is 2. The molecular weight excluding hydrogens is 336 g/mol. The monoisotopic (exact) mass is 362 g/mol. The topological polar surface area (TPSA) is 49.4 Å². The van der Waals surface area contributed by atoms with Gasteiger partial charge >= 0.3 is 0 Å². The fraction of sp³-hybridized carbons (Fsp3) is 0.391. The highest BCUT2D eigenvalue weighted by Gasteiger charge is 2.40. The van der Waals surface area contributed by atoms with Crippen LogP contribution in [-0.4, -0.2) is 36.3 Å². The molecule has 140 valence electrons. The lowest BCUT2D eigenvalue weighted by Gasteiger charge is -2.25. The van der Waals surface area contributed by atoms with E-state index in [0.29, 0.717) is 18.3 Å². The van der Waals surface area contributed by atoms with Crippen molar-refractivity contribution in [3.8, 4) is 11.1 Å². The third-order valence-corrected chi connectivity index (χ3v) is 6.26. The number of fused-ring (bicyclic) bond motifs is 1. The Morgan fingerprint density at radius 3 is 2.67 bits per heavy atom. The number of nitrogens with one attached hydrogen (secondary N) is 1. The van der Waals surface area contributed by atoms with E-state index >= 15 is 0 Å². The number of benzene rings is 2. The number of hydrogen-bond donors (Lipinski definition) is 1. The zero-order chi connectivity index (χ0) is 19.0. The summed E-state index contributed by atoms with van der Waals surface area (Å²) in [6.45, 7) is 2.84. The van der Waals surface area contributed by atoms with Crippen LogP contribution in [0.25, 0.3) is 11.1 Å². The van der Waals surface area contributed by atoms with Gasteiger partial charge in [-0.1, -0.05) is 36.4 Å². The minimum absolute atomic E-state index is 0.0633. The standard InChI is InChI=1S/C23H26N2O2/c1-15-6-3-4-9-21(15)16-7-5-8-17(10-16)23(27)25(2)20-11-18-13-22(26)24-14-19(18)12-20/h3-10,18-20H,11-14H2,1-2H3,(H,24,26)/t18-,19+,20-/m0/s1. The van der Waals surface area contributed by atoms with E-state index < -0.39 is 0 Å². The van der Waals surface area contributed by atoms with Crippen molar-refractivity contribution >= 4 is 11.8 Å². The van der Waals surface area contributed by atoms with Crippen LogP contribution in [0.1, 0.15) is 35.2 Å². The number of aryl methyl sites for hydroxylation is 1. The van der Waals surface area contributed by atoms with Crippen LogP contribution >= 0.6 is 0 Å². The van der Waals surface area contributed by atoms with Crippen molar-refractivity contribution in [3.05, 3.63) is 59.7 Å². The molecule has 1 aliphatic heterocycles. The molecule has 2 aromatic carbocycles. The Labute approximate surface area is 160 Å². The molecule has 1 N–H and O–H groups in total. The number of carbonyl (C=O) groups excluding carboxylic acids is 2. The quantitative estimate of drug-likeness (QED) is 0.906. The molecule has 2 aliphatic rings. The molecule has 0 bridgehead atoms. The predicted octanol–water partition coefficient (Wildman–Crippen LogP) is 3.65. The number of carbonyl (C=O) groups is 2. The van der Waals surface area contributed by atoms with Crippen molar-refractivity contribution in [1.29, 1.82) is 0 Å². The van der Waals surface area contributed by atoms with Gasteiger partial charge in [0, 0.05) is 31.6 Å². The Bertz CT molecular complexity index is 876. The van der Waals surface area contributed by atoms with Crippen molar-refractivity contribution in [2.75, 3.05) is 13.6 Å². The summed E-state index contributed by atoms with van der Waals surface area (Å²) in [5.41, 5.74) is 4.16. The van der Waals surface area contributed by atoms with Crippen LogP contribution in [0.3, 0.4) is 0 Å². The van der Waals surface area contributed by atoms with Gasteiger partial charge in [-0.15, -0.1) is 0 Å². The second-order valence-corrected chi connectivity index (χ2v) is 7.97. The van der Waals surface area contributed by atoms with Crippen molar-refractivity contribution in [3.63, 3.8) is 0 Å². The molecule has 1 aliphatic carbocycles. The van der Waals surface area contributed by atoms with Crippen molar-refractivity contribution < 1.29 is 9.59 Å². The molecular formula is C23H26N2O2. The maximum absolute atomic E-state index is 13.1. The van der Waals surface area contributed by atoms with Gasteiger partial charge in [0.05, 0.1) is 0 Å². The van der Waals surface area contributed by atoms with Crippen LogP contribution in [0.4, 0.5) is 0 Å². The van der Waals surface area contributed by atoms with E-state index in [0.717, 1.165) is 36.1 Å². The molecule has 4 heteroatoms. The molecule has 27 heavy (non-hydrogen) atoms. The van der Waals surface area contributed by atoms with Crippen LogP contribution in [-0.2, 0) is 4.79 Å².